The molecule has 0 amide bonds. The first-order valence-electron chi connectivity index (χ1n) is 7.29. The zero-order valence-corrected chi connectivity index (χ0v) is 13.2. The van der Waals surface area contributed by atoms with Crippen LogP contribution in [0.25, 0.3) is 22.0 Å². The normalized spacial score (nSPS) is 10.5. The predicted octanol–water partition coefficient (Wildman–Crippen LogP) is 5.20. The molecule has 0 atom stereocenters. The van der Waals surface area contributed by atoms with E-state index in [4.69, 9.17) is 0 Å². The minimum Gasteiger partial charge on any atom is -0.241 e. The number of unbranched alkanes of at least 4 members (excludes halogenated alkanes) is 1. The van der Waals surface area contributed by atoms with Crippen molar-refractivity contribution in [1.29, 1.82) is 0 Å². The Labute approximate surface area is 135 Å². The second kappa shape index (κ2) is 7.32. The number of hydrogen-bond donors (Lipinski definition) is 0. The molecule has 0 bridgehead atoms. The van der Waals surface area contributed by atoms with E-state index >= 15 is 0 Å². The molecule has 3 rings (SSSR count). The van der Waals surface area contributed by atoms with Gasteiger partial charge in [0.25, 0.3) is 0 Å². The molecular formula is C18H18ClFN2. The fraction of sp³-hybridized carbons (Fsp3) is 0.222. The van der Waals surface area contributed by atoms with E-state index in [0.29, 0.717) is 11.3 Å². The Balaban J connectivity index is 0.00000176. The maximum absolute atomic E-state index is 14.3. The average molecular weight is 317 g/mol. The van der Waals surface area contributed by atoms with Gasteiger partial charge in [0, 0.05) is 18.2 Å². The Morgan fingerprint density at radius 3 is 2.68 bits per heavy atom. The molecule has 114 valence electrons. The van der Waals surface area contributed by atoms with E-state index in [1.54, 1.807) is 18.3 Å². The van der Waals surface area contributed by atoms with Crippen LogP contribution < -0.4 is 0 Å². The lowest BCUT2D eigenvalue weighted by Crippen LogP contribution is -1.98. The van der Waals surface area contributed by atoms with E-state index in [1.165, 1.54) is 6.07 Å². The summed E-state index contributed by atoms with van der Waals surface area (Å²) in [6.45, 7) is 2.13. The maximum Gasteiger partial charge on any atom is 0.133 e. The third kappa shape index (κ3) is 3.25. The van der Waals surface area contributed by atoms with Crippen molar-refractivity contribution in [2.45, 2.75) is 26.2 Å². The lowest BCUT2D eigenvalue weighted by Gasteiger charge is -2.08. The van der Waals surface area contributed by atoms with Gasteiger partial charge in [-0.1, -0.05) is 43.7 Å². The van der Waals surface area contributed by atoms with Crippen molar-refractivity contribution in [3.8, 4) is 11.3 Å². The topological polar surface area (TPSA) is 25.8 Å². The smallest absolute Gasteiger partial charge is 0.133 e. The second-order valence-corrected chi connectivity index (χ2v) is 5.11. The number of rotatable bonds is 4. The number of nitrogens with zero attached hydrogens (tertiary/aromatic N) is 2. The first-order valence-corrected chi connectivity index (χ1v) is 7.29. The standard InChI is InChI=1S/C18H17FN2.ClH/c1-2-3-8-17-20-12-11-16(21-17)18-14-7-5-4-6-13(14)9-10-15(18)19;/h4-7,9-12H,2-3,8H2,1H3;1H. The first-order chi connectivity index (χ1) is 10.3. The summed E-state index contributed by atoms with van der Waals surface area (Å²) in [5, 5.41) is 1.90. The summed E-state index contributed by atoms with van der Waals surface area (Å²) >= 11 is 0. The van der Waals surface area contributed by atoms with E-state index in [-0.39, 0.29) is 18.2 Å². The lowest BCUT2D eigenvalue weighted by atomic mass is 10.0. The van der Waals surface area contributed by atoms with Crippen LogP contribution in [0.1, 0.15) is 25.6 Å². The van der Waals surface area contributed by atoms with Crippen LogP contribution in [0.15, 0.2) is 48.7 Å². The number of hydrogen-bond acceptors (Lipinski definition) is 2. The summed E-state index contributed by atoms with van der Waals surface area (Å²) in [4.78, 5) is 8.82. The van der Waals surface area contributed by atoms with Gasteiger partial charge < -0.3 is 0 Å². The summed E-state index contributed by atoms with van der Waals surface area (Å²) in [5.74, 6) is 0.538. The zero-order valence-electron chi connectivity index (χ0n) is 12.4. The van der Waals surface area contributed by atoms with Gasteiger partial charge in [0.2, 0.25) is 0 Å². The van der Waals surface area contributed by atoms with Crippen molar-refractivity contribution >= 4 is 23.2 Å². The predicted molar refractivity (Wildman–Crippen MR) is 90.8 cm³/mol. The second-order valence-electron chi connectivity index (χ2n) is 5.11. The highest BCUT2D eigenvalue weighted by Crippen LogP contribution is 2.30. The summed E-state index contributed by atoms with van der Waals surface area (Å²) in [6, 6.07) is 12.9. The number of benzene rings is 2. The Bertz CT molecular complexity index is 774. The monoisotopic (exact) mass is 316 g/mol. The van der Waals surface area contributed by atoms with Gasteiger partial charge in [0.1, 0.15) is 11.6 Å². The fourth-order valence-electron chi connectivity index (χ4n) is 2.50. The average Bonchev–Trinajstić information content (AvgIpc) is 2.53. The molecule has 0 aliphatic rings. The minimum absolute atomic E-state index is 0. The molecule has 0 aliphatic carbocycles. The van der Waals surface area contributed by atoms with Crippen LogP contribution in [0.5, 0.6) is 0 Å². The van der Waals surface area contributed by atoms with E-state index in [2.05, 4.69) is 16.9 Å². The molecule has 3 aromatic rings. The molecule has 2 aromatic carbocycles. The number of fused-ring (bicyclic) bond motifs is 1. The zero-order chi connectivity index (χ0) is 14.7. The molecule has 0 saturated heterocycles. The molecular weight excluding hydrogens is 299 g/mol. The van der Waals surface area contributed by atoms with Gasteiger partial charge in [-0.25, -0.2) is 14.4 Å². The SMILES string of the molecule is CCCCc1nccc(-c2c(F)ccc3ccccc23)n1.Cl. The molecule has 2 nitrogen and oxygen atoms in total. The molecule has 0 saturated carbocycles. The molecule has 0 aliphatic heterocycles. The van der Waals surface area contributed by atoms with Gasteiger partial charge >= 0.3 is 0 Å². The van der Waals surface area contributed by atoms with Gasteiger partial charge in [-0.15, -0.1) is 12.4 Å². The largest absolute Gasteiger partial charge is 0.241 e. The van der Waals surface area contributed by atoms with Crippen LogP contribution in [0, 0.1) is 5.82 Å². The van der Waals surface area contributed by atoms with Crippen LogP contribution in [-0.2, 0) is 6.42 Å². The molecule has 0 N–H and O–H groups in total. The van der Waals surface area contributed by atoms with Crippen LogP contribution >= 0.6 is 12.4 Å². The minimum atomic E-state index is -0.242. The Kier molecular flexibility index (Phi) is 5.45. The molecule has 1 aromatic heterocycles. The third-order valence-electron chi connectivity index (χ3n) is 3.59. The molecule has 0 spiro atoms. The highest BCUT2D eigenvalue weighted by molar-refractivity contribution is 5.96. The van der Waals surface area contributed by atoms with Gasteiger partial charge in [-0.05, 0) is 29.3 Å². The van der Waals surface area contributed by atoms with Crippen LogP contribution in [0.4, 0.5) is 4.39 Å². The number of aryl methyl sites for hydroxylation is 1. The van der Waals surface area contributed by atoms with Crippen molar-refractivity contribution in [1.82, 2.24) is 9.97 Å². The number of halogens is 2. The summed E-state index contributed by atoms with van der Waals surface area (Å²) in [7, 11) is 0. The van der Waals surface area contributed by atoms with E-state index in [0.717, 1.165) is 35.9 Å². The quantitative estimate of drug-likeness (QED) is 0.661. The molecule has 0 fully saturated rings. The van der Waals surface area contributed by atoms with Crippen molar-refractivity contribution < 1.29 is 4.39 Å². The van der Waals surface area contributed by atoms with E-state index < -0.39 is 0 Å². The van der Waals surface area contributed by atoms with E-state index in [9.17, 15) is 4.39 Å². The van der Waals surface area contributed by atoms with Crippen molar-refractivity contribution in [3.63, 3.8) is 0 Å². The Hall–Kier alpha value is -2.00. The third-order valence-corrected chi connectivity index (χ3v) is 3.59. The van der Waals surface area contributed by atoms with Gasteiger partial charge in [-0.2, -0.15) is 0 Å². The molecule has 0 radical (unpaired) electrons. The van der Waals surface area contributed by atoms with Crippen LogP contribution in [0.3, 0.4) is 0 Å². The fourth-order valence-corrected chi connectivity index (χ4v) is 2.50. The maximum atomic E-state index is 14.3. The summed E-state index contributed by atoms with van der Waals surface area (Å²) in [5.41, 5.74) is 1.22. The summed E-state index contributed by atoms with van der Waals surface area (Å²) in [6.07, 6.45) is 4.68. The highest BCUT2D eigenvalue weighted by atomic mass is 35.5. The van der Waals surface area contributed by atoms with Crippen molar-refractivity contribution in [2.75, 3.05) is 0 Å². The highest BCUT2D eigenvalue weighted by Gasteiger charge is 2.11. The lowest BCUT2D eigenvalue weighted by molar-refractivity contribution is 0.632. The van der Waals surface area contributed by atoms with Crippen molar-refractivity contribution in [3.05, 3.63) is 60.3 Å². The van der Waals surface area contributed by atoms with Crippen LogP contribution in [-0.4, -0.2) is 9.97 Å². The van der Waals surface area contributed by atoms with Crippen LogP contribution in [0.2, 0.25) is 0 Å². The van der Waals surface area contributed by atoms with Gasteiger partial charge in [0.15, 0.2) is 0 Å². The number of aromatic nitrogens is 2. The van der Waals surface area contributed by atoms with Gasteiger partial charge in [-0.3, -0.25) is 0 Å². The molecule has 0 unspecified atom stereocenters. The summed E-state index contributed by atoms with van der Waals surface area (Å²) < 4.78 is 14.3. The first kappa shape index (κ1) is 16.4. The van der Waals surface area contributed by atoms with Crippen molar-refractivity contribution in [2.24, 2.45) is 0 Å². The Morgan fingerprint density at radius 2 is 1.86 bits per heavy atom. The molecule has 1 heterocycles. The van der Waals surface area contributed by atoms with E-state index in [1.807, 2.05) is 24.3 Å². The molecule has 4 heteroatoms. The Morgan fingerprint density at radius 1 is 1.05 bits per heavy atom. The molecule has 22 heavy (non-hydrogen) atoms. The van der Waals surface area contributed by atoms with Gasteiger partial charge in [0.05, 0.1) is 5.69 Å².